The average molecular weight is 282 g/mol. The highest BCUT2D eigenvalue weighted by atomic mass is 15.2. The second-order valence-electron chi connectivity index (χ2n) is 5.49. The molecule has 3 rings (SSSR count). The van der Waals surface area contributed by atoms with Crippen molar-refractivity contribution in [1.29, 1.82) is 0 Å². The van der Waals surface area contributed by atoms with Crippen molar-refractivity contribution in [2.24, 2.45) is 0 Å². The third kappa shape index (κ3) is 3.05. The van der Waals surface area contributed by atoms with Crippen LogP contribution in [0.1, 0.15) is 18.2 Å². The van der Waals surface area contributed by atoms with Gasteiger partial charge in [-0.2, -0.15) is 0 Å². The second kappa shape index (κ2) is 6.22. The lowest BCUT2D eigenvalue weighted by molar-refractivity contribution is 0.586. The van der Waals surface area contributed by atoms with E-state index in [4.69, 9.17) is 4.98 Å². The predicted molar refractivity (Wildman–Crippen MR) is 86.7 cm³/mol. The number of anilines is 1. The Morgan fingerprint density at radius 2 is 2.05 bits per heavy atom. The van der Waals surface area contributed by atoms with Gasteiger partial charge in [-0.3, -0.25) is 0 Å². The highest BCUT2D eigenvalue weighted by Crippen LogP contribution is 2.23. The number of piperazine rings is 1. The second-order valence-corrected chi connectivity index (χ2v) is 5.49. The maximum Gasteiger partial charge on any atom is 0.159 e. The molecule has 21 heavy (non-hydrogen) atoms. The van der Waals surface area contributed by atoms with Gasteiger partial charge in [0.2, 0.25) is 0 Å². The fourth-order valence-electron chi connectivity index (χ4n) is 2.76. The van der Waals surface area contributed by atoms with Crippen molar-refractivity contribution in [2.45, 2.75) is 20.3 Å². The largest absolute Gasteiger partial charge is 0.366 e. The van der Waals surface area contributed by atoms with Gasteiger partial charge in [-0.25, -0.2) is 9.97 Å². The topological polar surface area (TPSA) is 41.1 Å². The quantitative estimate of drug-likeness (QED) is 0.938. The van der Waals surface area contributed by atoms with Crippen molar-refractivity contribution in [3.63, 3.8) is 0 Å². The van der Waals surface area contributed by atoms with Gasteiger partial charge in [0, 0.05) is 31.7 Å². The number of aryl methyl sites for hydroxylation is 2. The van der Waals surface area contributed by atoms with E-state index >= 15 is 0 Å². The normalized spacial score (nSPS) is 15.2. The van der Waals surface area contributed by atoms with Crippen LogP contribution in [0.5, 0.6) is 0 Å². The van der Waals surface area contributed by atoms with E-state index in [-0.39, 0.29) is 0 Å². The molecule has 0 radical (unpaired) electrons. The number of nitrogens with one attached hydrogen (secondary N) is 1. The van der Waals surface area contributed by atoms with E-state index in [9.17, 15) is 0 Å². The number of hydrogen-bond acceptors (Lipinski definition) is 4. The summed E-state index contributed by atoms with van der Waals surface area (Å²) >= 11 is 0. The van der Waals surface area contributed by atoms with Gasteiger partial charge in [-0.1, -0.05) is 30.7 Å². The van der Waals surface area contributed by atoms with Crippen molar-refractivity contribution in [1.82, 2.24) is 15.3 Å². The molecule has 2 aromatic rings. The summed E-state index contributed by atoms with van der Waals surface area (Å²) < 4.78 is 0. The summed E-state index contributed by atoms with van der Waals surface area (Å²) in [4.78, 5) is 11.8. The molecule has 0 atom stereocenters. The van der Waals surface area contributed by atoms with Crippen molar-refractivity contribution in [3.8, 4) is 11.4 Å². The first-order chi connectivity index (χ1) is 10.3. The molecule has 1 saturated heterocycles. The molecule has 0 saturated carbocycles. The Kier molecular flexibility index (Phi) is 4.15. The molecule has 1 fully saturated rings. The van der Waals surface area contributed by atoms with Crippen LogP contribution < -0.4 is 10.2 Å². The summed E-state index contributed by atoms with van der Waals surface area (Å²) in [7, 11) is 0. The first-order valence-corrected chi connectivity index (χ1v) is 7.66. The van der Waals surface area contributed by atoms with Crippen LogP contribution in [-0.4, -0.2) is 36.1 Å². The van der Waals surface area contributed by atoms with Gasteiger partial charge >= 0.3 is 0 Å². The van der Waals surface area contributed by atoms with Crippen LogP contribution in [-0.2, 0) is 6.42 Å². The summed E-state index contributed by atoms with van der Waals surface area (Å²) in [5.74, 6) is 0.828. The Morgan fingerprint density at radius 1 is 1.24 bits per heavy atom. The summed E-state index contributed by atoms with van der Waals surface area (Å²) in [5, 5.41) is 3.38. The van der Waals surface area contributed by atoms with E-state index in [1.54, 1.807) is 0 Å². The summed E-state index contributed by atoms with van der Waals surface area (Å²) in [6.45, 7) is 8.37. The maximum atomic E-state index is 4.80. The van der Waals surface area contributed by atoms with Crippen LogP contribution in [0.4, 0.5) is 5.69 Å². The molecule has 4 heteroatoms. The molecule has 0 aliphatic carbocycles. The monoisotopic (exact) mass is 282 g/mol. The molecule has 0 amide bonds. The van der Waals surface area contributed by atoms with E-state index in [1.165, 1.54) is 11.3 Å². The fourth-order valence-corrected chi connectivity index (χ4v) is 2.76. The Balaban J connectivity index is 1.94. The first-order valence-electron chi connectivity index (χ1n) is 7.66. The van der Waals surface area contributed by atoms with Gasteiger partial charge in [0.05, 0.1) is 17.6 Å². The molecule has 1 aromatic carbocycles. The SMILES string of the molecule is CCc1nc(-c2cccc(C)c2)ncc1N1CCNCC1. The molecule has 1 aromatic heterocycles. The van der Waals surface area contributed by atoms with E-state index in [2.05, 4.69) is 53.3 Å². The summed E-state index contributed by atoms with van der Waals surface area (Å²) in [6.07, 6.45) is 2.93. The number of rotatable bonds is 3. The average Bonchev–Trinajstić information content (AvgIpc) is 2.55. The maximum absolute atomic E-state index is 4.80. The van der Waals surface area contributed by atoms with Crippen LogP contribution in [0.15, 0.2) is 30.5 Å². The Labute approximate surface area is 126 Å². The molecule has 0 spiro atoms. The smallest absolute Gasteiger partial charge is 0.159 e. The van der Waals surface area contributed by atoms with Crippen molar-refractivity contribution in [3.05, 3.63) is 41.7 Å². The lowest BCUT2D eigenvalue weighted by Crippen LogP contribution is -2.44. The Bertz CT molecular complexity index is 618. The molecule has 1 aliphatic rings. The van der Waals surface area contributed by atoms with Crippen molar-refractivity contribution < 1.29 is 0 Å². The molecule has 1 aliphatic heterocycles. The molecule has 0 bridgehead atoms. The molecular weight excluding hydrogens is 260 g/mol. The number of nitrogens with zero attached hydrogens (tertiary/aromatic N) is 3. The third-order valence-corrected chi connectivity index (χ3v) is 3.91. The van der Waals surface area contributed by atoms with Gasteiger partial charge < -0.3 is 10.2 Å². The minimum atomic E-state index is 0.828. The van der Waals surface area contributed by atoms with E-state index in [0.29, 0.717) is 0 Å². The molecule has 2 heterocycles. The standard InChI is InChI=1S/C17H22N4/c1-3-15-16(21-9-7-18-8-10-21)12-19-17(20-15)14-6-4-5-13(2)11-14/h4-6,11-12,18H,3,7-10H2,1-2H3. The van der Waals surface area contributed by atoms with Crippen LogP contribution in [0.3, 0.4) is 0 Å². The highest BCUT2D eigenvalue weighted by Gasteiger charge is 2.16. The van der Waals surface area contributed by atoms with Crippen molar-refractivity contribution in [2.75, 3.05) is 31.1 Å². The zero-order chi connectivity index (χ0) is 14.7. The zero-order valence-electron chi connectivity index (χ0n) is 12.8. The van der Waals surface area contributed by atoms with Crippen LogP contribution >= 0.6 is 0 Å². The van der Waals surface area contributed by atoms with E-state index in [1.807, 2.05) is 6.20 Å². The lowest BCUT2D eigenvalue weighted by Gasteiger charge is -2.30. The van der Waals surface area contributed by atoms with Crippen molar-refractivity contribution >= 4 is 5.69 Å². The van der Waals surface area contributed by atoms with Gasteiger partial charge in [-0.05, 0) is 19.4 Å². The van der Waals surface area contributed by atoms with Crippen LogP contribution in [0, 0.1) is 6.92 Å². The van der Waals surface area contributed by atoms with Gasteiger partial charge in [0.15, 0.2) is 5.82 Å². The molecule has 0 unspecified atom stereocenters. The predicted octanol–water partition coefficient (Wildman–Crippen LogP) is 2.42. The van der Waals surface area contributed by atoms with Crippen LogP contribution in [0.25, 0.3) is 11.4 Å². The number of hydrogen-bond donors (Lipinski definition) is 1. The number of benzene rings is 1. The third-order valence-electron chi connectivity index (χ3n) is 3.91. The Hall–Kier alpha value is -1.94. The number of aromatic nitrogens is 2. The molecular formula is C17H22N4. The lowest BCUT2D eigenvalue weighted by atomic mass is 10.1. The Morgan fingerprint density at radius 3 is 2.76 bits per heavy atom. The highest BCUT2D eigenvalue weighted by molar-refractivity contribution is 5.59. The summed E-state index contributed by atoms with van der Waals surface area (Å²) in [5.41, 5.74) is 4.66. The van der Waals surface area contributed by atoms with Gasteiger partial charge in [0.25, 0.3) is 0 Å². The minimum Gasteiger partial charge on any atom is -0.366 e. The summed E-state index contributed by atoms with van der Waals surface area (Å²) in [6, 6.07) is 8.37. The van der Waals surface area contributed by atoms with Gasteiger partial charge in [0.1, 0.15) is 0 Å². The molecule has 4 nitrogen and oxygen atoms in total. The minimum absolute atomic E-state index is 0.828. The van der Waals surface area contributed by atoms with E-state index in [0.717, 1.165) is 49.7 Å². The molecule has 110 valence electrons. The molecule has 1 N–H and O–H groups in total. The van der Waals surface area contributed by atoms with E-state index < -0.39 is 0 Å². The van der Waals surface area contributed by atoms with Gasteiger partial charge in [-0.15, -0.1) is 0 Å². The fraction of sp³-hybridized carbons (Fsp3) is 0.412. The first kappa shape index (κ1) is 14.0. The zero-order valence-corrected chi connectivity index (χ0v) is 12.8. The van der Waals surface area contributed by atoms with Crippen LogP contribution in [0.2, 0.25) is 0 Å².